The second kappa shape index (κ2) is 9.10. The molecule has 4 heteroatoms. The molecule has 0 fully saturated rings. The summed E-state index contributed by atoms with van der Waals surface area (Å²) in [4.78, 5) is 14.7. The summed E-state index contributed by atoms with van der Waals surface area (Å²) in [5.41, 5.74) is 5.78. The quantitative estimate of drug-likeness (QED) is 0.510. The van der Waals surface area contributed by atoms with E-state index in [0.717, 1.165) is 55.6 Å². The monoisotopic (exact) mass is 389 g/mol. The maximum Gasteiger partial charge on any atom is 0.514 e. The first kappa shape index (κ1) is 19.5. The van der Waals surface area contributed by atoms with Gasteiger partial charge in [0, 0.05) is 25.2 Å². The molecule has 1 aliphatic carbocycles. The van der Waals surface area contributed by atoms with Crippen molar-refractivity contribution in [2.45, 2.75) is 32.7 Å². The fourth-order valence-corrected chi connectivity index (χ4v) is 3.90. The molecule has 2 aromatic carbocycles. The van der Waals surface area contributed by atoms with Gasteiger partial charge in [-0.05, 0) is 48.5 Å². The standard InChI is InChI=1S/C25H27NO3/c1-19-11-12-22-9-5-6-10-23(22)24(19)29-25(27)28-18-21-13-15-26(16-14-21)17-20-7-3-2-4-8-20/h2-10,13H,11-12,14-18H2,1H3. The van der Waals surface area contributed by atoms with Crippen molar-refractivity contribution in [2.24, 2.45) is 0 Å². The predicted molar refractivity (Wildman–Crippen MR) is 114 cm³/mol. The summed E-state index contributed by atoms with van der Waals surface area (Å²) in [6, 6.07) is 18.6. The molecular formula is C25H27NO3. The third-order valence-corrected chi connectivity index (χ3v) is 5.62. The molecule has 0 radical (unpaired) electrons. The molecule has 1 aliphatic heterocycles. The van der Waals surface area contributed by atoms with Crippen LogP contribution in [0.3, 0.4) is 0 Å². The van der Waals surface area contributed by atoms with Gasteiger partial charge in [-0.15, -0.1) is 0 Å². The van der Waals surface area contributed by atoms with E-state index in [-0.39, 0.29) is 0 Å². The smallest absolute Gasteiger partial charge is 0.429 e. The van der Waals surface area contributed by atoms with Crippen molar-refractivity contribution in [1.82, 2.24) is 4.90 Å². The molecule has 29 heavy (non-hydrogen) atoms. The zero-order chi connectivity index (χ0) is 20.1. The lowest BCUT2D eigenvalue weighted by Gasteiger charge is -2.26. The van der Waals surface area contributed by atoms with Crippen LogP contribution in [0, 0.1) is 0 Å². The maximum absolute atomic E-state index is 12.3. The van der Waals surface area contributed by atoms with Crippen molar-refractivity contribution >= 4 is 11.9 Å². The van der Waals surface area contributed by atoms with Crippen molar-refractivity contribution in [3.05, 3.63) is 88.5 Å². The highest BCUT2D eigenvalue weighted by Gasteiger charge is 2.21. The number of aryl methyl sites for hydroxylation is 1. The molecule has 2 aromatic rings. The molecule has 0 saturated carbocycles. The van der Waals surface area contributed by atoms with Gasteiger partial charge in [0.15, 0.2) is 0 Å². The molecule has 0 saturated heterocycles. The number of hydrogen-bond acceptors (Lipinski definition) is 4. The van der Waals surface area contributed by atoms with Gasteiger partial charge in [0.1, 0.15) is 12.4 Å². The summed E-state index contributed by atoms with van der Waals surface area (Å²) >= 11 is 0. The van der Waals surface area contributed by atoms with Crippen LogP contribution in [-0.2, 0) is 22.4 Å². The van der Waals surface area contributed by atoms with Crippen LogP contribution in [0.25, 0.3) is 5.76 Å². The molecule has 0 unspecified atom stereocenters. The Kier molecular flexibility index (Phi) is 6.11. The van der Waals surface area contributed by atoms with Gasteiger partial charge in [0.25, 0.3) is 0 Å². The Morgan fingerprint density at radius 2 is 1.79 bits per heavy atom. The normalized spacial score (nSPS) is 16.8. The Bertz CT molecular complexity index is 930. The van der Waals surface area contributed by atoms with E-state index >= 15 is 0 Å². The number of rotatable bonds is 5. The second-order valence-electron chi connectivity index (χ2n) is 7.74. The summed E-state index contributed by atoms with van der Waals surface area (Å²) in [5, 5.41) is 0. The van der Waals surface area contributed by atoms with Crippen LogP contribution in [0.2, 0.25) is 0 Å². The number of allylic oxidation sites excluding steroid dienone is 1. The molecule has 0 N–H and O–H groups in total. The van der Waals surface area contributed by atoms with Gasteiger partial charge in [-0.3, -0.25) is 4.90 Å². The summed E-state index contributed by atoms with van der Waals surface area (Å²) in [5.74, 6) is 0.656. The third kappa shape index (κ3) is 4.96. The van der Waals surface area contributed by atoms with Gasteiger partial charge in [-0.25, -0.2) is 4.79 Å². The van der Waals surface area contributed by atoms with E-state index in [1.165, 1.54) is 11.1 Å². The van der Waals surface area contributed by atoms with Gasteiger partial charge < -0.3 is 9.47 Å². The van der Waals surface area contributed by atoms with Crippen molar-refractivity contribution in [3.63, 3.8) is 0 Å². The van der Waals surface area contributed by atoms with Gasteiger partial charge in [0.05, 0.1) is 0 Å². The van der Waals surface area contributed by atoms with E-state index in [9.17, 15) is 4.79 Å². The fourth-order valence-electron chi connectivity index (χ4n) is 3.90. The minimum atomic E-state index is -0.622. The Morgan fingerprint density at radius 3 is 2.59 bits per heavy atom. The van der Waals surface area contributed by atoms with Crippen molar-refractivity contribution < 1.29 is 14.3 Å². The van der Waals surface area contributed by atoms with E-state index in [1.54, 1.807) is 0 Å². The first-order valence-corrected chi connectivity index (χ1v) is 10.3. The Hall–Kier alpha value is -2.85. The first-order chi connectivity index (χ1) is 14.2. The van der Waals surface area contributed by atoms with E-state index in [2.05, 4.69) is 41.3 Å². The van der Waals surface area contributed by atoms with Crippen molar-refractivity contribution in [2.75, 3.05) is 19.7 Å². The lowest BCUT2D eigenvalue weighted by Crippen LogP contribution is -2.29. The second-order valence-corrected chi connectivity index (χ2v) is 7.74. The Labute approximate surface area is 172 Å². The van der Waals surface area contributed by atoms with E-state index in [1.807, 2.05) is 31.2 Å². The number of carbonyl (C=O) groups excluding carboxylic acids is 1. The molecule has 1 heterocycles. The molecule has 4 nitrogen and oxygen atoms in total. The van der Waals surface area contributed by atoms with Crippen LogP contribution in [0.1, 0.15) is 36.5 Å². The van der Waals surface area contributed by atoms with Gasteiger partial charge in [-0.2, -0.15) is 0 Å². The Balaban J connectivity index is 1.28. The fraction of sp³-hybridized carbons (Fsp3) is 0.320. The third-order valence-electron chi connectivity index (χ3n) is 5.62. The predicted octanol–water partition coefficient (Wildman–Crippen LogP) is 5.35. The van der Waals surface area contributed by atoms with Crippen molar-refractivity contribution in [3.8, 4) is 0 Å². The molecule has 0 aromatic heterocycles. The number of nitrogens with zero attached hydrogens (tertiary/aromatic N) is 1. The van der Waals surface area contributed by atoms with Crippen LogP contribution in [-0.4, -0.2) is 30.8 Å². The van der Waals surface area contributed by atoms with Crippen LogP contribution in [0.4, 0.5) is 4.79 Å². The highest BCUT2D eigenvalue weighted by Crippen LogP contribution is 2.32. The average molecular weight is 389 g/mol. The number of hydrogen-bond donors (Lipinski definition) is 0. The minimum Gasteiger partial charge on any atom is -0.429 e. The molecule has 0 atom stereocenters. The molecule has 150 valence electrons. The number of fused-ring (bicyclic) bond motifs is 1. The van der Waals surface area contributed by atoms with Gasteiger partial charge in [0.2, 0.25) is 0 Å². The number of benzene rings is 2. The minimum absolute atomic E-state index is 0.298. The lowest BCUT2D eigenvalue weighted by atomic mass is 9.91. The highest BCUT2D eigenvalue weighted by molar-refractivity contribution is 5.76. The lowest BCUT2D eigenvalue weighted by molar-refractivity contribution is 0.0959. The van der Waals surface area contributed by atoms with Crippen molar-refractivity contribution in [1.29, 1.82) is 0 Å². The summed E-state index contributed by atoms with van der Waals surface area (Å²) in [6.45, 7) is 5.10. The summed E-state index contributed by atoms with van der Waals surface area (Å²) in [7, 11) is 0. The topological polar surface area (TPSA) is 38.8 Å². The van der Waals surface area contributed by atoms with Crippen LogP contribution < -0.4 is 0 Å². The zero-order valence-corrected chi connectivity index (χ0v) is 16.9. The number of carbonyl (C=O) groups is 1. The maximum atomic E-state index is 12.3. The zero-order valence-electron chi connectivity index (χ0n) is 16.9. The largest absolute Gasteiger partial charge is 0.514 e. The van der Waals surface area contributed by atoms with E-state index in [4.69, 9.17) is 9.47 Å². The molecule has 0 amide bonds. The number of ether oxygens (including phenoxy) is 2. The Morgan fingerprint density at radius 1 is 1.00 bits per heavy atom. The SMILES string of the molecule is CC1=C(OC(=O)OCC2=CCN(Cc3ccccc3)CC2)c2ccccc2CC1. The van der Waals surface area contributed by atoms with Gasteiger partial charge in [-0.1, -0.05) is 60.7 Å². The highest BCUT2D eigenvalue weighted by atomic mass is 16.7. The summed E-state index contributed by atoms with van der Waals surface area (Å²) in [6.07, 6.45) is 4.34. The molecule has 0 spiro atoms. The van der Waals surface area contributed by atoms with Gasteiger partial charge >= 0.3 is 6.16 Å². The van der Waals surface area contributed by atoms with E-state index in [0.29, 0.717) is 12.4 Å². The molecule has 4 rings (SSSR count). The molecular weight excluding hydrogens is 362 g/mol. The van der Waals surface area contributed by atoms with E-state index < -0.39 is 6.16 Å². The molecule has 2 aliphatic rings. The van der Waals surface area contributed by atoms with Crippen LogP contribution in [0.15, 0.2) is 71.8 Å². The van der Waals surface area contributed by atoms with Crippen LogP contribution >= 0.6 is 0 Å². The molecule has 0 bridgehead atoms. The van der Waals surface area contributed by atoms with Crippen LogP contribution in [0.5, 0.6) is 0 Å². The average Bonchev–Trinajstić information content (AvgIpc) is 2.76. The first-order valence-electron chi connectivity index (χ1n) is 10.3. The summed E-state index contributed by atoms with van der Waals surface area (Å²) < 4.78 is 11.0.